The second-order valence-electron chi connectivity index (χ2n) is 7.42. The molecule has 0 aromatic heterocycles. The smallest absolute Gasteiger partial charge is 0.271 e. The molecule has 0 aliphatic rings. The van der Waals surface area contributed by atoms with Crippen molar-refractivity contribution in [3.8, 4) is 11.5 Å². The minimum Gasteiger partial charge on any atom is -0.495 e. The lowest BCUT2D eigenvalue weighted by molar-refractivity contribution is -0.384. The largest absolute Gasteiger partial charge is 0.495 e. The maximum Gasteiger partial charge on any atom is 0.271 e. The van der Waals surface area contributed by atoms with Gasteiger partial charge in [-0.15, -0.1) is 0 Å². The second kappa shape index (κ2) is 8.73. The van der Waals surface area contributed by atoms with Crippen molar-refractivity contribution in [2.24, 2.45) is 0 Å². The first-order valence-electron chi connectivity index (χ1n) is 9.06. The number of methoxy groups -OCH3 is 1. The van der Waals surface area contributed by atoms with Crippen molar-refractivity contribution >= 4 is 17.3 Å². The summed E-state index contributed by atoms with van der Waals surface area (Å²) >= 11 is 0. The lowest BCUT2D eigenvalue weighted by atomic mass is 9.87. The molecular weight excluding hydrogens is 360 g/mol. The van der Waals surface area contributed by atoms with Crippen LogP contribution in [0.5, 0.6) is 11.5 Å². The minimum absolute atomic E-state index is 0.0264. The summed E-state index contributed by atoms with van der Waals surface area (Å²) < 4.78 is 11.0. The van der Waals surface area contributed by atoms with Crippen LogP contribution in [0.2, 0.25) is 0 Å². The molecule has 0 fully saturated rings. The van der Waals surface area contributed by atoms with E-state index in [2.05, 4.69) is 26.1 Å². The van der Waals surface area contributed by atoms with Gasteiger partial charge < -0.3 is 14.8 Å². The molecule has 0 radical (unpaired) electrons. The van der Waals surface area contributed by atoms with Gasteiger partial charge in [-0.05, 0) is 35.6 Å². The van der Waals surface area contributed by atoms with Crippen molar-refractivity contribution in [1.82, 2.24) is 0 Å². The highest BCUT2D eigenvalue weighted by molar-refractivity contribution is 5.96. The van der Waals surface area contributed by atoms with Gasteiger partial charge in [0.15, 0.2) is 6.10 Å². The highest BCUT2D eigenvalue weighted by Crippen LogP contribution is 2.29. The van der Waals surface area contributed by atoms with Gasteiger partial charge >= 0.3 is 0 Å². The van der Waals surface area contributed by atoms with E-state index in [9.17, 15) is 14.9 Å². The van der Waals surface area contributed by atoms with E-state index in [4.69, 9.17) is 9.47 Å². The number of amides is 1. The van der Waals surface area contributed by atoms with Crippen molar-refractivity contribution in [3.05, 3.63) is 58.1 Å². The second-order valence-corrected chi connectivity index (χ2v) is 7.42. The summed E-state index contributed by atoms with van der Waals surface area (Å²) in [4.78, 5) is 23.1. The van der Waals surface area contributed by atoms with Crippen LogP contribution in [-0.4, -0.2) is 24.0 Å². The molecule has 1 atom stereocenters. The van der Waals surface area contributed by atoms with Gasteiger partial charge in [-0.3, -0.25) is 14.9 Å². The molecule has 0 aliphatic carbocycles. The Balaban J connectivity index is 2.16. The number of benzene rings is 2. The SMILES string of the molecule is CCC(Oc1ccc(C(C)(C)C)cc1)C(=O)Nc1cc([N+](=O)[O-])ccc1OC. The van der Waals surface area contributed by atoms with Crippen molar-refractivity contribution in [2.75, 3.05) is 12.4 Å². The summed E-state index contributed by atoms with van der Waals surface area (Å²) in [5.74, 6) is 0.519. The third-order valence-electron chi connectivity index (χ3n) is 4.31. The molecule has 7 nitrogen and oxygen atoms in total. The van der Waals surface area contributed by atoms with E-state index in [1.165, 1.54) is 30.9 Å². The fourth-order valence-electron chi connectivity index (χ4n) is 2.64. The van der Waals surface area contributed by atoms with E-state index in [1.54, 1.807) is 0 Å². The Morgan fingerprint density at radius 1 is 1.18 bits per heavy atom. The molecule has 2 aromatic carbocycles. The van der Waals surface area contributed by atoms with Gasteiger partial charge in [0.1, 0.15) is 11.5 Å². The third-order valence-corrected chi connectivity index (χ3v) is 4.31. The van der Waals surface area contributed by atoms with Crippen LogP contribution in [0.25, 0.3) is 0 Å². The average molecular weight is 386 g/mol. The number of nitrogens with zero attached hydrogens (tertiary/aromatic N) is 1. The Hall–Kier alpha value is -3.09. The molecule has 28 heavy (non-hydrogen) atoms. The number of non-ortho nitro benzene ring substituents is 1. The van der Waals surface area contributed by atoms with E-state index in [1.807, 2.05) is 31.2 Å². The van der Waals surface area contributed by atoms with Crippen LogP contribution in [0.4, 0.5) is 11.4 Å². The monoisotopic (exact) mass is 386 g/mol. The summed E-state index contributed by atoms with van der Waals surface area (Å²) in [5, 5.41) is 13.7. The first-order chi connectivity index (χ1) is 13.2. The molecule has 2 aromatic rings. The van der Waals surface area contributed by atoms with E-state index in [-0.39, 0.29) is 16.8 Å². The number of carbonyl (C=O) groups excluding carboxylic acids is 1. The van der Waals surface area contributed by atoms with Crippen molar-refractivity contribution in [2.45, 2.75) is 45.6 Å². The van der Waals surface area contributed by atoms with Gasteiger partial charge in [-0.1, -0.05) is 39.8 Å². The van der Waals surface area contributed by atoms with Gasteiger partial charge in [0, 0.05) is 12.1 Å². The van der Waals surface area contributed by atoms with Gasteiger partial charge in [-0.2, -0.15) is 0 Å². The van der Waals surface area contributed by atoms with Crippen LogP contribution in [-0.2, 0) is 10.2 Å². The summed E-state index contributed by atoms with van der Waals surface area (Å²) in [6, 6.07) is 11.7. The zero-order valence-electron chi connectivity index (χ0n) is 16.8. The Labute approximate surface area is 164 Å². The lowest BCUT2D eigenvalue weighted by Gasteiger charge is -2.21. The number of nitro groups is 1. The number of ether oxygens (including phenoxy) is 2. The number of rotatable bonds is 7. The maximum absolute atomic E-state index is 12.7. The Morgan fingerprint density at radius 2 is 1.82 bits per heavy atom. The zero-order chi connectivity index (χ0) is 20.9. The van der Waals surface area contributed by atoms with E-state index >= 15 is 0 Å². The lowest BCUT2D eigenvalue weighted by Crippen LogP contribution is -2.32. The normalized spacial score (nSPS) is 12.2. The van der Waals surface area contributed by atoms with Crippen molar-refractivity contribution in [3.63, 3.8) is 0 Å². The standard InChI is InChI=1S/C21H26N2O5/c1-6-18(28-16-10-7-14(8-11-16)21(2,3)4)20(24)22-17-13-15(23(25)26)9-12-19(17)27-5/h7-13,18H,6H2,1-5H3,(H,22,24). The average Bonchev–Trinajstić information content (AvgIpc) is 2.65. The topological polar surface area (TPSA) is 90.7 Å². The molecule has 0 heterocycles. The first kappa shape index (κ1) is 21.2. The Kier molecular flexibility index (Phi) is 6.62. The summed E-state index contributed by atoms with van der Waals surface area (Å²) in [6.45, 7) is 8.20. The molecule has 1 unspecified atom stereocenters. The zero-order valence-corrected chi connectivity index (χ0v) is 16.8. The number of nitro benzene ring substituents is 1. The fourth-order valence-corrected chi connectivity index (χ4v) is 2.64. The van der Waals surface area contributed by atoms with Crippen LogP contribution in [0.3, 0.4) is 0 Å². The minimum atomic E-state index is -0.746. The van der Waals surface area contributed by atoms with Gasteiger partial charge in [0.05, 0.1) is 17.7 Å². The van der Waals surface area contributed by atoms with Crippen molar-refractivity contribution in [1.29, 1.82) is 0 Å². The Morgan fingerprint density at radius 3 is 2.32 bits per heavy atom. The Bertz CT molecular complexity index is 841. The predicted octanol–water partition coefficient (Wildman–Crippen LogP) is 4.70. The molecule has 0 saturated heterocycles. The molecule has 0 spiro atoms. The molecule has 150 valence electrons. The van der Waals surface area contributed by atoms with Crippen LogP contribution in [0.1, 0.15) is 39.7 Å². The molecule has 2 rings (SSSR count). The summed E-state index contributed by atoms with van der Waals surface area (Å²) in [6.07, 6.45) is -0.311. The predicted molar refractivity (Wildman–Crippen MR) is 108 cm³/mol. The quantitative estimate of drug-likeness (QED) is 0.550. The van der Waals surface area contributed by atoms with Crippen LogP contribution >= 0.6 is 0 Å². The third kappa shape index (κ3) is 5.22. The van der Waals surface area contributed by atoms with Crippen LogP contribution in [0.15, 0.2) is 42.5 Å². The summed E-state index contributed by atoms with van der Waals surface area (Å²) in [5.41, 5.74) is 1.28. The molecule has 1 N–H and O–H groups in total. The number of nitrogens with one attached hydrogen (secondary N) is 1. The maximum atomic E-state index is 12.7. The highest BCUT2D eigenvalue weighted by Gasteiger charge is 2.22. The number of carbonyl (C=O) groups is 1. The number of hydrogen-bond donors (Lipinski definition) is 1. The number of anilines is 1. The molecule has 7 heteroatoms. The van der Waals surface area contributed by atoms with Crippen LogP contribution < -0.4 is 14.8 Å². The number of hydrogen-bond acceptors (Lipinski definition) is 5. The van der Waals surface area contributed by atoms with E-state index < -0.39 is 16.9 Å². The fraction of sp³-hybridized carbons (Fsp3) is 0.381. The van der Waals surface area contributed by atoms with E-state index in [0.29, 0.717) is 17.9 Å². The van der Waals surface area contributed by atoms with Gasteiger partial charge in [0.2, 0.25) is 0 Å². The molecule has 0 saturated carbocycles. The van der Waals surface area contributed by atoms with Crippen LogP contribution in [0, 0.1) is 10.1 Å². The molecular formula is C21H26N2O5. The van der Waals surface area contributed by atoms with Crippen molar-refractivity contribution < 1.29 is 19.2 Å². The first-order valence-corrected chi connectivity index (χ1v) is 9.06. The molecule has 1 amide bonds. The van der Waals surface area contributed by atoms with E-state index in [0.717, 1.165) is 0 Å². The molecule has 0 aliphatic heterocycles. The summed E-state index contributed by atoms with van der Waals surface area (Å²) in [7, 11) is 1.43. The van der Waals surface area contributed by atoms with Gasteiger partial charge in [0.25, 0.3) is 11.6 Å². The van der Waals surface area contributed by atoms with Gasteiger partial charge in [-0.25, -0.2) is 0 Å². The molecule has 0 bridgehead atoms. The highest BCUT2D eigenvalue weighted by atomic mass is 16.6.